The van der Waals surface area contributed by atoms with Crippen LogP contribution in [0.25, 0.3) is 11.1 Å². The second-order valence-corrected chi connectivity index (χ2v) is 6.72. The molecule has 2 aromatic carbocycles. The summed E-state index contributed by atoms with van der Waals surface area (Å²) < 4.78 is 5.79. The van der Waals surface area contributed by atoms with Crippen molar-refractivity contribution in [3.8, 4) is 16.9 Å². The van der Waals surface area contributed by atoms with Gasteiger partial charge >= 0.3 is 0 Å². The van der Waals surface area contributed by atoms with Crippen LogP contribution in [0.2, 0.25) is 0 Å². The molecule has 0 saturated carbocycles. The summed E-state index contributed by atoms with van der Waals surface area (Å²) in [6.45, 7) is 7.09. The summed E-state index contributed by atoms with van der Waals surface area (Å²) in [6, 6.07) is 11.9. The van der Waals surface area contributed by atoms with Gasteiger partial charge in [0.15, 0.2) is 0 Å². The third kappa shape index (κ3) is 9.36. The van der Waals surface area contributed by atoms with Crippen molar-refractivity contribution in [1.29, 1.82) is 0 Å². The van der Waals surface area contributed by atoms with Crippen molar-refractivity contribution >= 4 is 6.29 Å². The number of nitrogens with zero attached hydrogens (tertiary/aromatic N) is 1. The quantitative estimate of drug-likeness (QED) is 0.586. The fourth-order valence-electron chi connectivity index (χ4n) is 2.56. The van der Waals surface area contributed by atoms with Gasteiger partial charge < -0.3 is 14.7 Å². The summed E-state index contributed by atoms with van der Waals surface area (Å²) in [4.78, 5) is 12.9. The minimum absolute atomic E-state index is 0.703. The summed E-state index contributed by atoms with van der Waals surface area (Å²) in [5, 5.41) is 7.00. The number of carbonyl (C=O) groups is 1. The number of aryl methyl sites for hydroxylation is 2. The number of rotatable bonds is 6. The van der Waals surface area contributed by atoms with Gasteiger partial charge in [-0.15, -0.1) is 0 Å². The van der Waals surface area contributed by atoms with E-state index in [9.17, 15) is 4.79 Å². The van der Waals surface area contributed by atoms with Crippen molar-refractivity contribution in [2.24, 2.45) is 0 Å². The zero-order valence-corrected chi connectivity index (χ0v) is 17.9. The van der Waals surface area contributed by atoms with Gasteiger partial charge in [-0.3, -0.25) is 4.79 Å². The monoisotopic (exact) mass is 373 g/mol. The van der Waals surface area contributed by atoms with Crippen molar-refractivity contribution in [2.75, 3.05) is 34.9 Å². The Morgan fingerprint density at radius 3 is 2.07 bits per heavy atom. The van der Waals surface area contributed by atoms with E-state index in [1.807, 2.05) is 50.3 Å². The summed E-state index contributed by atoms with van der Waals surface area (Å²) in [5.41, 5.74) is 5.31. The maximum absolute atomic E-state index is 10.9. The standard InChI is InChI=1S/C19H22O2.C3H9N.CH4O/c1-4-5-9-21-18-10-14(2)19(15(3)11-18)17-8-6-7-16(12-17)13-20;1-4(2)3;1-2/h6-8,10-13H,4-5,9H2,1-3H3;1-3H3;2H,1H3. The number of aliphatic hydroxyl groups is 1. The summed E-state index contributed by atoms with van der Waals surface area (Å²) in [7, 11) is 7.00. The lowest BCUT2D eigenvalue weighted by atomic mass is 9.94. The van der Waals surface area contributed by atoms with Gasteiger partial charge in [0.1, 0.15) is 12.0 Å². The van der Waals surface area contributed by atoms with E-state index >= 15 is 0 Å². The first-order valence-corrected chi connectivity index (χ1v) is 9.24. The SMILES string of the molecule is CCCCOc1cc(C)c(-c2cccc(C=O)c2)c(C)c1.CN(C)C.CO. The molecule has 0 aliphatic heterocycles. The van der Waals surface area contributed by atoms with Crippen LogP contribution in [0.4, 0.5) is 0 Å². The highest BCUT2D eigenvalue weighted by Gasteiger charge is 2.09. The van der Waals surface area contributed by atoms with Crippen molar-refractivity contribution < 1.29 is 14.6 Å². The van der Waals surface area contributed by atoms with Crippen molar-refractivity contribution in [3.63, 3.8) is 0 Å². The lowest BCUT2D eigenvalue weighted by molar-refractivity contribution is 0.112. The molecule has 4 nitrogen and oxygen atoms in total. The Bertz CT molecular complexity index is 655. The predicted octanol–water partition coefficient (Wildman–Crippen LogP) is 4.75. The average Bonchev–Trinajstić information content (AvgIpc) is 2.63. The highest BCUT2D eigenvalue weighted by Crippen LogP contribution is 2.31. The molecule has 1 N–H and O–H groups in total. The maximum Gasteiger partial charge on any atom is 0.150 e. The average molecular weight is 374 g/mol. The summed E-state index contributed by atoms with van der Waals surface area (Å²) >= 11 is 0. The molecule has 2 aromatic rings. The zero-order chi connectivity index (χ0) is 20.8. The molecule has 0 bridgehead atoms. The third-order valence-electron chi connectivity index (χ3n) is 3.58. The molecule has 0 aromatic heterocycles. The van der Waals surface area contributed by atoms with Gasteiger partial charge in [0.2, 0.25) is 0 Å². The second-order valence-electron chi connectivity index (χ2n) is 6.72. The molecule has 0 spiro atoms. The summed E-state index contributed by atoms with van der Waals surface area (Å²) in [5.74, 6) is 0.925. The lowest BCUT2D eigenvalue weighted by Crippen LogP contribution is -1.99. The van der Waals surface area contributed by atoms with Crippen LogP contribution in [0.3, 0.4) is 0 Å². The van der Waals surface area contributed by atoms with E-state index in [-0.39, 0.29) is 0 Å². The largest absolute Gasteiger partial charge is 0.494 e. The van der Waals surface area contributed by atoms with E-state index in [0.717, 1.165) is 44.2 Å². The molecule has 4 heteroatoms. The molecule has 27 heavy (non-hydrogen) atoms. The topological polar surface area (TPSA) is 49.8 Å². The minimum Gasteiger partial charge on any atom is -0.494 e. The van der Waals surface area contributed by atoms with Gasteiger partial charge in [0.05, 0.1) is 6.61 Å². The molecule has 0 heterocycles. The van der Waals surface area contributed by atoms with Gasteiger partial charge in [-0.25, -0.2) is 0 Å². The molecule has 0 aliphatic carbocycles. The Morgan fingerprint density at radius 2 is 1.59 bits per heavy atom. The number of aliphatic hydroxyl groups excluding tert-OH is 1. The van der Waals surface area contributed by atoms with E-state index in [1.165, 1.54) is 16.7 Å². The number of hydrogen-bond acceptors (Lipinski definition) is 4. The minimum atomic E-state index is 0.703. The molecule has 0 saturated heterocycles. The van der Waals surface area contributed by atoms with E-state index in [2.05, 4.69) is 32.9 Å². The summed E-state index contributed by atoms with van der Waals surface area (Å²) in [6.07, 6.45) is 3.09. The molecular formula is C23H35NO3. The van der Waals surface area contributed by atoms with E-state index < -0.39 is 0 Å². The molecule has 0 amide bonds. The zero-order valence-electron chi connectivity index (χ0n) is 17.9. The fourth-order valence-corrected chi connectivity index (χ4v) is 2.56. The van der Waals surface area contributed by atoms with E-state index in [1.54, 1.807) is 0 Å². The van der Waals surface area contributed by atoms with Crippen LogP contribution in [0.15, 0.2) is 36.4 Å². The molecule has 0 unspecified atom stereocenters. The fraction of sp³-hybridized carbons (Fsp3) is 0.435. The van der Waals surface area contributed by atoms with Crippen molar-refractivity contribution in [3.05, 3.63) is 53.1 Å². The second kappa shape index (κ2) is 14.0. The van der Waals surface area contributed by atoms with Crippen LogP contribution in [-0.2, 0) is 0 Å². The normalized spacial score (nSPS) is 9.67. The predicted molar refractivity (Wildman–Crippen MR) is 115 cm³/mol. The number of carbonyl (C=O) groups excluding carboxylic acids is 1. The first-order chi connectivity index (χ1) is 12.9. The van der Waals surface area contributed by atoms with E-state index in [0.29, 0.717) is 5.56 Å². The number of unbranched alkanes of at least 4 members (excludes halogenated alkanes) is 1. The Labute approximate surface area is 164 Å². The van der Waals surface area contributed by atoms with Gasteiger partial charge in [0, 0.05) is 12.7 Å². The first kappa shape index (κ1) is 24.8. The Balaban J connectivity index is 0.000000998. The number of benzene rings is 2. The Kier molecular flexibility index (Phi) is 12.8. The molecule has 0 fully saturated rings. The Hall–Kier alpha value is -2.17. The van der Waals surface area contributed by atoms with Gasteiger partial charge in [-0.2, -0.15) is 0 Å². The van der Waals surface area contributed by atoms with Crippen LogP contribution in [0.5, 0.6) is 5.75 Å². The van der Waals surface area contributed by atoms with Crippen molar-refractivity contribution in [2.45, 2.75) is 33.6 Å². The molecule has 0 atom stereocenters. The van der Waals surface area contributed by atoms with Crippen LogP contribution < -0.4 is 4.74 Å². The van der Waals surface area contributed by atoms with Gasteiger partial charge in [-0.1, -0.05) is 31.5 Å². The highest BCUT2D eigenvalue weighted by atomic mass is 16.5. The lowest BCUT2D eigenvalue weighted by Gasteiger charge is -2.14. The first-order valence-electron chi connectivity index (χ1n) is 9.24. The number of hydrogen-bond donors (Lipinski definition) is 1. The van der Waals surface area contributed by atoms with Crippen LogP contribution in [-0.4, -0.2) is 51.2 Å². The van der Waals surface area contributed by atoms with Crippen LogP contribution >= 0.6 is 0 Å². The van der Waals surface area contributed by atoms with Gasteiger partial charge in [-0.05, 0) is 81.9 Å². The van der Waals surface area contributed by atoms with E-state index in [4.69, 9.17) is 9.84 Å². The maximum atomic E-state index is 10.9. The number of ether oxygens (including phenoxy) is 1. The van der Waals surface area contributed by atoms with Crippen LogP contribution in [0, 0.1) is 13.8 Å². The smallest absolute Gasteiger partial charge is 0.150 e. The highest BCUT2D eigenvalue weighted by molar-refractivity contribution is 5.80. The van der Waals surface area contributed by atoms with Gasteiger partial charge in [0.25, 0.3) is 0 Å². The number of aldehydes is 1. The van der Waals surface area contributed by atoms with Crippen LogP contribution in [0.1, 0.15) is 41.3 Å². The Morgan fingerprint density at radius 1 is 1.04 bits per heavy atom. The molecule has 2 rings (SSSR count). The molecule has 150 valence electrons. The third-order valence-corrected chi connectivity index (χ3v) is 3.58. The molecule has 0 aliphatic rings. The molecular weight excluding hydrogens is 338 g/mol. The molecule has 0 radical (unpaired) electrons. The van der Waals surface area contributed by atoms with Crippen molar-refractivity contribution in [1.82, 2.24) is 4.90 Å².